The summed E-state index contributed by atoms with van der Waals surface area (Å²) >= 11 is 0. The van der Waals surface area contributed by atoms with Gasteiger partial charge in [0.2, 0.25) is 11.8 Å². The Hall–Kier alpha value is -2.62. The monoisotopic (exact) mass is 338 g/mol. The Bertz CT molecular complexity index is 736. The van der Waals surface area contributed by atoms with Gasteiger partial charge < -0.3 is 10.2 Å². The summed E-state index contributed by atoms with van der Waals surface area (Å²) in [5.41, 5.74) is 4.12. The average molecular weight is 338 g/mol. The van der Waals surface area contributed by atoms with Crippen molar-refractivity contribution in [3.05, 3.63) is 65.2 Å². The molecule has 0 atom stereocenters. The van der Waals surface area contributed by atoms with Crippen molar-refractivity contribution in [2.45, 2.75) is 40.2 Å². The highest BCUT2D eigenvalue weighted by Gasteiger charge is 2.14. The second-order valence-electron chi connectivity index (χ2n) is 6.69. The second-order valence-corrected chi connectivity index (χ2v) is 6.69. The Morgan fingerprint density at radius 1 is 1.08 bits per heavy atom. The molecule has 0 spiro atoms. The highest BCUT2D eigenvalue weighted by molar-refractivity contribution is 5.94. The van der Waals surface area contributed by atoms with Gasteiger partial charge >= 0.3 is 0 Å². The minimum Gasteiger partial charge on any atom is -0.329 e. The van der Waals surface area contributed by atoms with E-state index >= 15 is 0 Å². The minimum atomic E-state index is -0.194. The van der Waals surface area contributed by atoms with Crippen molar-refractivity contribution in [3.8, 4) is 0 Å². The first kappa shape index (κ1) is 18.7. The van der Waals surface area contributed by atoms with Crippen LogP contribution in [-0.2, 0) is 16.1 Å². The zero-order valence-corrected chi connectivity index (χ0v) is 15.4. The van der Waals surface area contributed by atoms with E-state index in [1.54, 1.807) is 4.90 Å². The van der Waals surface area contributed by atoms with E-state index in [1.165, 1.54) is 12.5 Å². The van der Waals surface area contributed by atoms with E-state index < -0.39 is 0 Å². The fourth-order valence-corrected chi connectivity index (χ4v) is 2.63. The van der Waals surface area contributed by atoms with Gasteiger partial charge in [-0.3, -0.25) is 9.59 Å². The van der Waals surface area contributed by atoms with Crippen LogP contribution in [0.1, 0.15) is 43.4 Å². The first-order chi connectivity index (χ1) is 11.8. The molecule has 25 heavy (non-hydrogen) atoms. The van der Waals surface area contributed by atoms with Gasteiger partial charge in [0.1, 0.15) is 6.54 Å². The molecule has 0 saturated carbocycles. The summed E-state index contributed by atoms with van der Waals surface area (Å²) in [6, 6.07) is 15.8. The van der Waals surface area contributed by atoms with Gasteiger partial charge in [0.25, 0.3) is 0 Å². The Morgan fingerprint density at radius 3 is 2.32 bits per heavy atom. The van der Waals surface area contributed by atoms with Crippen LogP contribution >= 0.6 is 0 Å². The summed E-state index contributed by atoms with van der Waals surface area (Å²) in [7, 11) is 0. The van der Waals surface area contributed by atoms with Gasteiger partial charge in [-0.15, -0.1) is 0 Å². The topological polar surface area (TPSA) is 49.4 Å². The normalized spacial score (nSPS) is 10.6. The molecule has 2 amide bonds. The van der Waals surface area contributed by atoms with E-state index in [2.05, 4.69) is 19.2 Å². The van der Waals surface area contributed by atoms with Crippen molar-refractivity contribution in [1.82, 2.24) is 4.90 Å². The van der Waals surface area contributed by atoms with Gasteiger partial charge in [0.05, 0.1) is 0 Å². The minimum absolute atomic E-state index is 0.0369. The number of nitrogens with one attached hydrogen (secondary N) is 1. The molecule has 0 unspecified atom stereocenters. The van der Waals surface area contributed by atoms with E-state index in [4.69, 9.17) is 0 Å². The molecule has 2 aromatic carbocycles. The van der Waals surface area contributed by atoms with Crippen LogP contribution in [0.15, 0.2) is 48.5 Å². The molecule has 0 aliphatic carbocycles. The molecule has 0 bridgehead atoms. The van der Waals surface area contributed by atoms with Gasteiger partial charge in [-0.1, -0.05) is 55.8 Å². The first-order valence-corrected chi connectivity index (χ1v) is 8.56. The number of hydrogen-bond donors (Lipinski definition) is 1. The number of benzene rings is 2. The van der Waals surface area contributed by atoms with Crippen LogP contribution < -0.4 is 5.32 Å². The Kier molecular flexibility index (Phi) is 6.34. The highest BCUT2D eigenvalue weighted by Crippen LogP contribution is 2.17. The molecule has 4 heteroatoms. The molecule has 0 aliphatic heterocycles. The number of anilines is 1. The molecule has 0 fully saturated rings. The lowest BCUT2D eigenvalue weighted by atomic mass is 10.0. The largest absolute Gasteiger partial charge is 0.329 e. The zero-order chi connectivity index (χ0) is 18.4. The van der Waals surface area contributed by atoms with Crippen LogP contribution in [0.25, 0.3) is 0 Å². The summed E-state index contributed by atoms with van der Waals surface area (Å²) in [4.78, 5) is 25.7. The molecule has 0 heterocycles. The maximum atomic E-state index is 12.3. The third-order valence-corrected chi connectivity index (χ3v) is 4.10. The highest BCUT2D eigenvalue weighted by atomic mass is 16.2. The van der Waals surface area contributed by atoms with Gasteiger partial charge in [-0.25, -0.2) is 0 Å². The van der Waals surface area contributed by atoms with Crippen LogP contribution in [0, 0.1) is 6.92 Å². The predicted molar refractivity (Wildman–Crippen MR) is 101 cm³/mol. The summed E-state index contributed by atoms with van der Waals surface area (Å²) in [5.74, 6) is 0.138. The van der Waals surface area contributed by atoms with Crippen molar-refractivity contribution in [3.63, 3.8) is 0 Å². The van der Waals surface area contributed by atoms with E-state index in [1.807, 2.05) is 55.5 Å². The molecule has 1 N–H and O–H groups in total. The maximum Gasteiger partial charge on any atom is 0.244 e. The lowest BCUT2D eigenvalue weighted by molar-refractivity contribution is -0.133. The van der Waals surface area contributed by atoms with Crippen molar-refractivity contribution in [2.24, 2.45) is 0 Å². The van der Waals surface area contributed by atoms with Gasteiger partial charge in [0.15, 0.2) is 0 Å². The van der Waals surface area contributed by atoms with E-state index in [9.17, 15) is 9.59 Å². The lowest BCUT2D eigenvalue weighted by Crippen LogP contribution is -2.36. The Morgan fingerprint density at radius 2 is 1.76 bits per heavy atom. The van der Waals surface area contributed by atoms with Crippen LogP contribution in [0.2, 0.25) is 0 Å². The summed E-state index contributed by atoms with van der Waals surface area (Å²) in [6.45, 7) is 8.22. The number of amides is 2. The number of hydrogen-bond acceptors (Lipinski definition) is 2. The number of carbonyl (C=O) groups excluding carboxylic acids is 2. The molecule has 0 aliphatic rings. The molecular weight excluding hydrogens is 312 g/mol. The molecule has 2 rings (SSSR count). The van der Waals surface area contributed by atoms with E-state index in [-0.39, 0.29) is 18.4 Å². The first-order valence-electron chi connectivity index (χ1n) is 8.56. The maximum absolute atomic E-state index is 12.3. The van der Waals surface area contributed by atoms with Crippen LogP contribution in [0.3, 0.4) is 0 Å². The van der Waals surface area contributed by atoms with Gasteiger partial charge in [-0.05, 0) is 36.1 Å². The smallest absolute Gasteiger partial charge is 0.244 e. The molecule has 4 nitrogen and oxygen atoms in total. The fourth-order valence-electron chi connectivity index (χ4n) is 2.63. The summed E-state index contributed by atoms with van der Waals surface area (Å²) in [6.07, 6.45) is 0. The van der Waals surface area contributed by atoms with E-state index in [0.717, 1.165) is 16.8 Å². The molecule has 2 aromatic rings. The van der Waals surface area contributed by atoms with Crippen molar-refractivity contribution in [2.75, 3.05) is 11.9 Å². The third-order valence-electron chi connectivity index (χ3n) is 4.10. The average Bonchev–Trinajstić information content (AvgIpc) is 2.54. The summed E-state index contributed by atoms with van der Waals surface area (Å²) in [5, 5.41) is 2.86. The van der Waals surface area contributed by atoms with Crippen LogP contribution in [-0.4, -0.2) is 23.3 Å². The van der Waals surface area contributed by atoms with Crippen molar-refractivity contribution >= 4 is 17.5 Å². The SMILES string of the molecule is CC(=O)N(CC(=O)Nc1ccc(C(C)C)cc1)Cc1cccc(C)c1. The predicted octanol–water partition coefficient (Wildman–Crippen LogP) is 4.11. The van der Waals surface area contributed by atoms with Crippen LogP contribution in [0.4, 0.5) is 5.69 Å². The molecule has 0 aromatic heterocycles. The summed E-state index contributed by atoms with van der Waals surface area (Å²) < 4.78 is 0. The van der Waals surface area contributed by atoms with Gasteiger partial charge in [-0.2, -0.15) is 0 Å². The molecule has 0 radical (unpaired) electrons. The third kappa shape index (κ3) is 5.75. The van der Waals surface area contributed by atoms with E-state index in [0.29, 0.717) is 12.5 Å². The number of carbonyl (C=O) groups is 2. The van der Waals surface area contributed by atoms with Crippen molar-refractivity contribution < 1.29 is 9.59 Å². The quantitative estimate of drug-likeness (QED) is 0.862. The lowest BCUT2D eigenvalue weighted by Gasteiger charge is -2.21. The Balaban J connectivity index is 1.99. The van der Waals surface area contributed by atoms with Crippen LogP contribution in [0.5, 0.6) is 0 Å². The zero-order valence-electron chi connectivity index (χ0n) is 15.4. The Labute approximate surface area is 149 Å². The van der Waals surface area contributed by atoms with Gasteiger partial charge in [0, 0.05) is 19.2 Å². The molecular formula is C21H26N2O2. The number of aryl methyl sites for hydroxylation is 1. The fraction of sp³-hybridized carbons (Fsp3) is 0.333. The standard InChI is InChI=1S/C21H26N2O2/c1-15(2)19-8-10-20(11-9-19)22-21(25)14-23(17(4)24)13-18-7-5-6-16(3)12-18/h5-12,15H,13-14H2,1-4H3,(H,22,25). The number of nitrogens with zero attached hydrogens (tertiary/aromatic N) is 1. The second kappa shape index (κ2) is 8.47. The molecule has 132 valence electrons. The van der Waals surface area contributed by atoms with Crippen molar-refractivity contribution in [1.29, 1.82) is 0 Å². The number of rotatable bonds is 6. The molecule has 0 saturated heterocycles.